The Bertz CT molecular complexity index is 260. The minimum atomic E-state index is -0.747. The van der Waals surface area contributed by atoms with E-state index in [1.54, 1.807) is 25.7 Å². The van der Waals surface area contributed by atoms with E-state index in [0.717, 1.165) is 12.8 Å². The van der Waals surface area contributed by atoms with Crippen molar-refractivity contribution in [1.82, 2.24) is 4.90 Å². The van der Waals surface area contributed by atoms with E-state index in [9.17, 15) is 9.59 Å². The van der Waals surface area contributed by atoms with Crippen LogP contribution >= 0.6 is 0 Å². The van der Waals surface area contributed by atoms with Gasteiger partial charge in [0.1, 0.15) is 0 Å². The minimum absolute atomic E-state index is 0.0283. The van der Waals surface area contributed by atoms with Gasteiger partial charge in [-0.1, -0.05) is 0 Å². The van der Waals surface area contributed by atoms with Crippen LogP contribution in [-0.2, 0) is 9.59 Å². The van der Waals surface area contributed by atoms with Crippen LogP contribution in [0, 0.1) is 5.92 Å². The van der Waals surface area contributed by atoms with E-state index in [1.807, 2.05) is 0 Å². The molecule has 0 saturated carbocycles. The van der Waals surface area contributed by atoms with Gasteiger partial charge < -0.3 is 10.6 Å². The molecule has 1 aliphatic rings. The number of nitrogens with two attached hydrogens (primary N) is 1. The molecule has 1 saturated heterocycles. The lowest BCUT2D eigenvalue weighted by Crippen LogP contribution is -2.48. The molecule has 4 nitrogen and oxygen atoms in total. The molecule has 0 aromatic heterocycles. The Hall–Kier alpha value is -0.900. The molecule has 0 aromatic rings. The van der Waals surface area contributed by atoms with Crippen molar-refractivity contribution in [3.63, 3.8) is 0 Å². The van der Waals surface area contributed by atoms with Gasteiger partial charge in [-0.15, -0.1) is 0 Å². The van der Waals surface area contributed by atoms with Gasteiger partial charge in [-0.25, -0.2) is 0 Å². The maximum Gasteiger partial charge on any atom is 0.219 e. The summed E-state index contributed by atoms with van der Waals surface area (Å²) >= 11 is 0. The van der Waals surface area contributed by atoms with E-state index in [2.05, 4.69) is 0 Å². The summed E-state index contributed by atoms with van der Waals surface area (Å²) in [5.74, 6) is 0.235. The quantitative estimate of drug-likeness (QED) is 0.727. The summed E-state index contributed by atoms with van der Waals surface area (Å²) in [6, 6.07) is 0. The zero-order valence-corrected chi connectivity index (χ0v) is 9.75. The Kier molecular flexibility index (Phi) is 3.50. The van der Waals surface area contributed by atoms with Gasteiger partial charge in [0.25, 0.3) is 0 Å². The molecule has 2 N–H and O–H groups in total. The molecule has 0 aromatic carbocycles. The molecule has 0 spiro atoms. The molecule has 0 bridgehead atoms. The molecule has 4 heteroatoms. The fourth-order valence-electron chi connectivity index (χ4n) is 1.98. The molecule has 1 rings (SSSR count). The average Bonchev–Trinajstić information content (AvgIpc) is 2.15. The molecule has 15 heavy (non-hydrogen) atoms. The van der Waals surface area contributed by atoms with Gasteiger partial charge >= 0.3 is 0 Å². The standard InChI is InChI=1S/C11H20N2O2/c1-8(14)13-6-4-9(5-7-13)10(15)11(2,3)12/h9H,4-7,12H2,1-3H3. The maximum absolute atomic E-state index is 11.9. The average molecular weight is 212 g/mol. The Labute approximate surface area is 90.8 Å². The first-order valence-electron chi connectivity index (χ1n) is 5.41. The lowest BCUT2D eigenvalue weighted by molar-refractivity contribution is -0.134. The second-order valence-corrected chi connectivity index (χ2v) is 4.87. The number of hydrogen-bond acceptors (Lipinski definition) is 3. The number of rotatable bonds is 2. The fourth-order valence-corrected chi connectivity index (χ4v) is 1.98. The lowest BCUT2D eigenvalue weighted by Gasteiger charge is -2.33. The van der Waals surface area contributed by atoms with Crippen molar-refractivity contribution < 1.29 is 9.59 Å². The van der Waals surface area contributed by atoms with Crippen molar-refractivity contribution >= 4 is 11.7 Å². The molecular weight excluding hydrogens is 192 g/mol. The SMILES string of the molecule is CC(=O)N1CCC(C(=O)C(C)(C)N)CC1. The number of ketones is 1. The van der Waals surface area contributed by atoms with Gasteiger partial charge in [0.2, 0.25) is 5.91 Å². The highest BCUT2D eigenvalue weighted by Crippen LogP contribution is 2.21. The van der Waals surface area contributed by atoms with Crippen molar-refractivity contribution in [1.29, 1.82) is 0 Å². The zero-order valence-electron chi connectivity index (χ0n) is 9.75. The van der Waals surface area contributed by atoms with E-state index in [4.69, 9.17) is 5.73 Å². The van der Waals surface area contributed by atoms with Crippen LogP contribution in [0.25, 0.3) is 0 Å². The van der Waals surface area contributed by atoms with Crippen molar-refractivity contribution in [3.8, 4) is 0 Å². The van der Waals surface area contributed by atoms with Crippen LogP contribution in [0.3, 0.4) is 0 Å². The number of hydrogen-bond donors (Lipinski definition) is 1. The largest absolute Gasteiger partial charge is 0.343 e. The molecule has 0 radical (unpaired) electrons. The molecule has 0 unspecified atom stereocenters. The number of Topliss-reactive ketones (excluding diaryl/α,β-unsaturated/α-hetero) is 1. The molecule has 1 aliphatic heterocycles. The van der Waals surface area contributed by atoms with Crippen molar-refractivity contribution in [3.05, 3.63) is 0 Å². The summed E-state index contributed by atoms with van der Waals surface area (Å²) in [5, 5.41) is 0. The summed E-state index contributed by atoms with van der Waals surface area (Å²) in [5.41, 5.74) is 5.03. The first-order chi connectivity index (χ1) is 6.82. The number of likely N-dealkylation sites (tertiary alicyclic amines) is 1. The highest BCUT2D eigenvalue weighted by atomic mass is 16.2. The second-order valence-electron chi connectivity index (χ2n) is 4.87. The first-order valence-corrected chi connectivity index (χ1v) is 5.41. The van der Waals surface area contributed by atoms with Gasteiger partial charge in [-0.2, -0.15) is 0 Å². The minimum Gasteiger partial charge on any atom is -0.343 e. The van der Waals surface area contributed by atoms with Gasteiger partial charge in [0, 0.05) is 25.9 Å². The summed E-state index contributed by atoms with van der Waals surface area (Å²) in [6.45, 7) is 6.41. The van der Waals surface area contributed by atoms with E-state index in [-0.39, 0.29) is 17.6 Å². The van der Waals surface area contributed by atoms with Crippen LogP contribution in [0.1, 0.15) is 33.6 Å². The van der Waals surface area contributed by atoms with Crippen molar-refractivity contribution in [2.45, 2.75) is 39.2 Å². The Morgan fingerprint density at radius 3 is 2.07 bits per heavy atom. The number of piperidine rings is 1. The molecule has 0 aliphatic carbocycles. The summed E-state index contributed by atoms with van der Waals surface area (Å²) in [7, 11) is 0. The molecule has 1 amide bonds. The third-order valence-electron chi connectivity index (χ3n) is 2.95. The Morgan fingerprint density at radius 1 is 1.27 bits per heavy atom. The molecule has 86 valence electrons. The predicted octanol–water partition coefficient (Wildman–Crippen LogP) is 0.551. The lowest BCUT2D eigenvalue weighted by atomic mass is 9.83. The summed E-state index contributed by atoms with van der Waals surface area (Å²) < 4.78 is 0. The van der Waals surface area contributed by atoms with Crippen LogP contribution in [-0.4, -0.2) is 35.2 Å². The second kappa shape index (κ2) is 4.31. The van der Waals surface area contributed by atoms with E-state index < -0.39 is 5.54 Å². The third kappa shape index (κ3) is 3.02. The topological polar surface area (TPSA) is 63.4 Å². The normalized spacial score (nSPS) is 19.1. The van der Waals surface area contributed by atoms with Crippen LogP contribution in [0.15, 0.2) is 0 Å². The number of amides is 1. The van der Waals surface area contributed by atoms with E-state index >= 15 is 0 Å². The van der Waals surface area contributed by atoms with Crippen molar-refractivity contribution in [2.75, 3.05) is 13.1 Å². The molecule has 1 heterocycles. The summed E-state index contributed by atoms with van der Waals surface area (Å²) in [4.78, 5) is 24.7. The van der Waals surface area contributed by atoms with Crippen LogP contribution in [0.4, 0.5) is 0 Å². The number of nitrogens with zero attached hydrogens (tertiary/aromatic N) is 1. The maximum atomic E-state index is 11.9. The number of carbonyl (C=O) groups excluding carboxylic acids is 2. The van der Waals surface area contributed by atoms with Crippen LogP contribution < -0.4 is 5.73 Å². The Balaban J connectivity index is 2.51. The smallest absolute Gasteiger partial charge is 0.219 e. The predicted molar refractivity (Wildman–Crippen MR) is 58.3 cm³/mol. The van der Waals surface area contributed by atoms with Crippen molar-refractivity contribution in [2.24, 2.45) is 11.7 Å². The van der Waals surface area contributed by atoms with Gasteiger partial charge in [-0.05, 0) is 26.7 Å². The molecule has 1 fully saturated rings. The van der Waals surface area contributed by atoms with E-state index in [1.165, 1.54) is 0 Å². The van der Waals surface area contributed by atoms with Gasteiger partial charge in [0.05, 0.1) is 5.54 Å². The first kappa shape index (κ1) is 12.2. The van der Waals surface area contributed by atoms with Gasteiger partial charge in [0.15, 0.2) is 5.78 Å². The summed E-state index contributed by atoms with van der Waals surface area (Å²) in [6.07, 6.45) is 1.50. The molecule has 0 atom stereocenters. The third-order valence-corrected chi connectivity index (χ3v) is 2.95. The highest BCUT2D eigenvalue weighted by molar-refractivity contribution is 5.89. The van der Waals surface area contributed by atoms with E-state index in [0.29, 0.717) is 13.1 Å². The zero-order chi connectivity index (χ0) is 11.6. The van der Waals surface area contributed by atoms with Crippen LogP contribution in [0.2, 0.25) is 0 Å². The van der Waals surface area contributed by atoms with Crippen LogP contribution in [0.5, 0.6) is 0 Å². The highest BCUT2D eigenvalue weighted by Gasteiger charge is 2.32. The fraction of sp³-hybridized carbons (Fsp3) is 0.818. The Morgan fingerprint density at radius 2 is 1.73 bits per heavy atom. The monoisotopic (exact) mass is 212 g/mol. The molecular formula is C11H20N2O2. The van der Waals surface area contributed by atoms with Gasteiger partial charge in [-0.3, -0.25) is 9.59 Å². The number of carbonyl (C=O) groups is 2.